The number of halogens is 5. The summed E-state index contributed by atoms with van der Waals surface area (Å²) in [4.78, 5) is 7.17. The molecular formula is C11H5ClF3IN2O. The van der Waals surface area contributed by atoms with E-state index in [4.69, 9.17) is 16.3 Å². The minimum absolute atomic E-state index is 0.151. The monoisotopic (exact) mass is 400 g/mol. The van der Waals surface area contributed by atoms with Gasteiger partial charge in [-0.2, -0.15) is 13.2 Å². The summed E-state index contributed by atoms with van der Waals surface area (Å²) >= 11 is 7.76. The van der Waals surface area contributed by atoms with Crippen LogP contribution in [0, 0.1) is 3.57 Å². The fraction of sp³-hybridized carbons (Fsp3) is 0.0909. The zero-order chi connectivity index (χ0) is 14.0. The summed E-state index contributed by atoms with van der Waals surface area (Å²) in [6.45, 7) is 0. The Bertz CT molecular complexity index is 569. The molecule has 0 atom stereocenters. The number of pyridine rings is 2. The quantitative estimate of drug-likeness (QED) is 0.548. The lowest BCUT2D eigenvalue weighted by atomic mass is 10.3. The topological polar surface area (TPSA) is 35.0 Å². The molecule has 0 radical (unpaired) electrons. The third-order valence-electron chi connectivity index (χ3n) is 1.98. The molecule has 2 heterocycles. The molecule has 2 rings (SSSR count). The van der Waals surface area contributed by atoms with Gasteiger partial charge in [-0.3, -0.25) is 0 Å². The van der Waals surface area contributed by atoms with Crippen LogP contribution in [0.4, 0.5) is 13.2 Å². The lowest BCUT2D eigenvalue weighted by Crippen LogP contribution is -2.07. The van der Waals surface area contributed by atoms with E-state index in [0.717, 1.165) is 15.8 Å². The molecule has 0 bridgehead atoms. The number of hydrogen-bond acceptors (Lipinski definition) is 3. The van der Waals surface area contributed by atoms with E-state index in [1.165, 1.54) is 6.07 Å². The first-order chi connectivity index (χ1) is 8.84. The minimum Gasteiger partial charge on any atom is -0.437 e. The number of rotatable bonds is 2. The van der Waals surface area contributed by atoms with Gasteiger partial charge < -0.3 is 4.74 Å². The van der Waals surface area contributed by atoms with Crippen molar-refractivity contribution >= 4 is 34.2 Å². The van der Waals surface area contributed by atoms with Gasteiger partial charge in [-0.25, -0.2) is 9.97 Å². The van der Waals surface area contributed by atoms with Crippen LogP contribution in [0.1, 0.15) is 5.69 Å². The van der Waals surface area contributed by atoms with Crippen molar-refractivity contribution in [2.75, 3.05) is 0 Å². The number of nitrogens with zero attached hydrogens (tertiary/aromatic N) is 2. The maximum atomic E-state index is 12.3. The molecule has 0 fully saturated rings. The largest absolute Gasteiger partial charge is 0.437 e. The van der Waals surface area contributed by atoms with E-state index in [1.54, 1.807) is 12.1 Å². The fourth-order valence-electron chi connectivity index (χ4n) is 1.22. The van der Waals surface area contributed by atoms with Crippen molar-refractivity contribution in [2.45, 2.75) is 6.18 Å². The second-order valence-corrected chi connectivity index (χ2v) is 5.06. The van der Waals surface area contributed by atoms with Gasteiger partial charge in [0.2, 0.25) is 5.88 Å². The Labute approximate surface area is 124 Å². The number of ether oxygens (including phenoxy) is 1. The van der Waals surface area contributed by atoms with Crippen molar-refractivity contribution in [3.8, 4) is 11.6 Å². The Hall–Kier alpha value is -1.09. The van der Waals surface area contributed by atoms with Crippen LogP contribution in [0.15, 0.2) is 30.5 Å². The predicted octanol–water partition coefficient (Wildman–Crippen LogP) is 4.55. The molecule has 0 saturated carbocycles. The molecule has 0 aliphatic rings. The Kier molecular flexibility index (Phi) is 4.14. The zero-order valence-electron chi connectivity index (χ0n) is 9.08. The Morgan fingerprint density at radius 3 is 2.47 bits per heavy atom. The van der Waals surface area contributed by atoms with E-state index in [0.29, 0.717) is 0 Å². The summed E-state index contributed by atoms with van der Waals surface area (Å²) < 4.78 is 43.0. The summed E-state index contributed by atoms with van der Waals surface area (Å²) in [5, 5.41) is 0.238. The van der Waals surface area contributed by atoms with Gasteiger partial charge >= 0.3 is 6.18 Å². The molecule has 0 unspecified atom stereocenters. The predicted molar refractivity (Wildman–Crippen MR) is 71.3 cm³/mol. The molecule has 19 heavy (non-hydrogen) atoms. The average molecular weight is 401 g/mol. The van der Waals surface area contributed by atoms with E-state index in [-0.39, 0.29) is 16.8 Å². The van der Waals surface area contributed by atoms with Gasteiger partial charge in [-0.15, -0.1) is 0 Å². The molecular weight excluding hydrogens is 395 g/mol. The smallest absolute Gasteiger partial charge is 0.433 e. The van der Waals surface area contributed by atoms with Gasteiger partial charge in [0.25, 0.3) is 0 Å². The second-order valence-electron chi connectivity index (χ2n) is 3.43. The maximum Gasteiger partial charge on any atom is 0.433 e. The Morgan fingerprint density at radius 2 is 1.95 bits per heavy atom. The summed E-state index contributed by atoms with van der Waals surface area (Å²) in [5.41, 5.74) is -0.978. The van der Waals surface area contributed by atoms with Crippen molar-refractivity contribution in [1.29, 1.82) is 0 Å². The van der Waals surface area contributed by atoms with E-state index < -0.39 is 11.9 Å². The summed E-state index contributed by atoms with van der Waals surface area (Å²) in [5.74, 6) is 0.344. The lowest BCUT2D eigenvalue weighted by Gasteiger charge is -2.08. The molecule has 100 valence electrons. The SMILES string of the molecule is FC(F)(F)c1ccc(Oc2cc(I)cc(Cl)n2)cn1. The molecule has 0 spiro atoms. The molecule has 0 N–H and O–H groups in total. The van der Waals surface area contributed by atoms with Crippen LogP contribution >= 0.6 is 34.2 Å². The molecule has 0 aliphatic carbocycles. The van der Waals surface area contributed by atoms with Crippen LogP contribution in [0.2, 0.25) is 5.15 Å². The normalized spacial score (nSPS) is 11.4. The summed E-state index contributed by atoms with van der Waals surface area (Å²) in [6.07, 6.45) is -3.49. The number of aromatic nitrogens is 2. The number of alkyl halides is 3. The summed E-state index contributed by atoms with van der Waals surface area (Å²) in [6, 6.07) is 5.24. The zero-order valence-corrected chi connectivity index (χ0v) is 12.0. The number of hydrogen-bond donors (Lipinski definition) is 0. The van der Waals surface area contributed by atoms with Crippen molar-refractivity contribution in [2.24, 2.45) is 0 Å². The maximum absolute atomic E-state index is 12.3. The molecule has 0 aromatic carbocycles. The van der Waals surface area contributed by atoms with E-state index in [2.05, 4.69) is 9.97 Å². The van der Waals surface area contributed by atoms with Crippen molar-refractivity contribution in [3.63, 3.8) is 0 Å². The van der Waals surface area contributed by atoms with E-state index >= 15 is 0 Å². The molecule has 0 amide bonds. The van der Waals surface area contributed by atoms with Gasteiger partial charge in [0.15, 0.2) is 0 Å². The van der Waals surface area contributed by atoms with E-state index in [9.17, 15) is 13.2 Å². The molecule has 2 aromatic heterocycles. The molecule has 3 nitrogen and oxygen atoms in total. The highest BCUT2D eigenvalue weighted by Crippen LogP contribution is 2.29. The van der Waals surface area contributed by atoms with Gasteiger partial charge in [0, 0.05) is 9.64 Å². The first-order valence-corrected chi connectivity index (χ1v) is 6.34. The second kappa shape index (κ2) is 5.49. The van der Waals surface area contributed by atoms with Gasteiger partial charge in [-0.1, -0.05) is 11.6 Å². The molecule has 0 saturated heterocycles. The lowest BCUT2D eigenvalue weighted by molar-refractivity contribution is -0.141. The van der Waals surface area contributed by atoms with Crippen LogP contribution < -0.4 is 4.74 Å². The van der Waals surface area contributed by atoms with Crippen LogP contribution in [-0.2, 0) is 6.18 Å². The Morgan fingerprint density at radius 1 is 1.21 bits per heavy atom. The fourth-order valence-corrected chi connectivity index (χ4v) is 2.17. The third kappa shape index (κ3) is 3.93. The van der Waals surface area contributed by atoms with Gasteiger partial charge in [0.1, 0.15) is 16.6 Å². The van der Waals surface area contributed by atoms with Crippen molar-refractivity contribution in [1.82, 2.24) is 9.97 Å². The van der Waals surface area contributed by atoms with Crippen LogP contribution in [0.5, 0.6) is 11.6 Å². The molecule has 2 aromatic rings. The van der Waals surface area contributed by atoms with Crippen molar-refractivity contribution in [3.05, 3.63) is 44.9 Å². The highest BCUT2D eigenvalue weighted by Gasteiger charge is 2.32. The summed E-state index contributed by atoms with van der Waals surface area (Å²) in [7, 11) is 0. The molecule has 0 aliphatic heterocycles. The van der Waals surface area contributed by atoms with Crippen LogP contribution in [-0.4, -0.2) is 9.97 Å². The molecule has 8 heteroatoms. The standard InChI is InChI=1S/C11H5ClF3IN2O/c12-9-3-6(16)4-10(18-9)19-7-1-2-8(17-5-7)11(13,14)15/h1-5H. The highest BCUT2D eigenvalue weighted by molar-refractivity contribution is 14.1. The highest BCUT2D eigenvalue weighted by atomic mass is 127. The minimum atomic E-state index is -4.47. The van der Waals surface area contributed by atoms with Crippen molar-refractivity contribution < 1.29 is 17.9 Å². The third-order valence-corrected chi connectivity index (χ3v) is 2.80. The first-order valence-electron chi connectivity index (χ1n) is 4.89. The van der Waals surface area contributed by atoms with Gasteiger partial charge in [0.05, 0.1) is 6.20 Å². The Balaban J connectivity index is 2.20. The van der Waals surface area contributed by atoms with Crippen LogP contribution in [0.25, 0.3) is 0 Å². The van der Waals surface area contributed by atoms with Crippen LogP contribution in [0.3, 0.4) is 0 Å². The first kappa shape index (κ1) is 14.3. The average Bonchev–Trinajstić information content (AvgIpc) is 2.26. The van der Waals surface area contributed by atoms with E-state index in [1.807, 2.05) is 22.6 Å². The van der Waals surface area contributed by atoms with Gasteiger partial charge in [-0.05, 0) is 40.8 Å².